The maximum absolute atomic E-state index is 14.0. The number of anilines is 1. The average molecular weight is 521 g/mol. The topological polar surface area (TPSA) is 41.0 Å². The molecule has 0 aliphatic carbocycles. The number of methoxy groups -OCH3 is 1. The quantitative estimate of drug-likeness (QED) is 0.330. The Morgan fingerprint density at radius 3 is 2.28 bits per heavy atom. The van der Waals surface area contributed by atoms with E-state index in [1.165, 1.54) is 5.69 Å². The predicted molar refractivity (Wildman–Crippen MR) is 155 cm³/mol. The summed E-state index contributed by atoms with van der Waals surface area (Å²) in [7, 11) is 3.83. The molecule has 2 aliphatic heterocycles. The molecular weight excluding hydrogens is 484 g/mol. The summed E-state index contributed by atoms with van der Waals surface area (Å²) in [5.74, 6) is 1.19. The van der Waals surface area contributed by atoms with Crippen LogP contribution in [0.3, 0.4) is 0 Å². The van der Waals surface area contributed by atoms with Crippen LogP contribution in [0.1, 0.15) is 39.1 Å². The zero-order valence-electron chi connectivity index (χ0n) is 22.7. The van der Waals surface area contributed by atoms with Gasteiger partial charge in [0.25, 0.3) is 5.91 Å². The molecule has 2 aliphatic rings. The lowest BCUT2D eigenvalue weighted by Gasteiger charge is -2.45. The molecule has 200 valence electrons. The molecule has 1 saturated heterocycles. The minimum Gasteiger partial charge on any atom is -0.495 e. The first-order valence-corrected chi connectivity index (χ1v) is 13.8. The first kappa shape index (κ1) is 25.3. The van der Waals surface area contributed by atoms with Crippen molar-refractivity contribution in [2.75, 3.05) is 44.7 Å². The van der Waals surface area contributed by atoms with Crippen LogP contribution in [0, 0.1) is 0 Å². The zero-order valence-corrected chi connectivity index (χ0v) is 22.7. The number of carbonyl (C=O) groups excluding carboxylic acids is 1. The Labute approximate surface area is 231 Å². The molecule has 6 rings (SSSR count). The molecular formula is C33H36N4O2. The Balaban J connectivity index is 1.31. The van der Waals surface area contributed by atoms with Gasteiger partial charge in [-0.3, -0.25) is 9.69 Å². The molecule has 1 amide bonds. The average Bonchev–Trinajstić information content (AvgIpc) is 3.41. The molecule has 0 bridgehead atoms. The number of benzene rings is 3. The fourth-order valence-corrected chi connectivity index (χ4v) is 6.32. The molecule has 3 aromatic carbocycles. The van der Waals surface area contributed by atoms with E-state index in [4.69, 9.17) is 4.74 Å². The summed E-state index contributed by atoms with van der Waals surface area (Å²) in [6.07, 6.45) is 2.09. The molecule has 6 heteroatoms. The SMILES string of the molecule is COc1ccccc1N1CCN(C[C@@H]2c3ccccc3C(=O)N(Cc3ccccc3)[C@H]2c2cccn2C)CC1. The highest BCUT2D eigenvalue weighted by Gasteiger charge is 2.42. The molecule has 4 aromatic rings. The predicted octanol–water partition coefficient (Wildman–Crippen LogP) is 5.34. The fraction of sp³-hybridized carbons (Fsp3) is 0.303. The second-order valence-electron chi connectivity index (χ2n) is 10.6. The van der Waals surface area contributed by atoms with Crippen LogP contribution in [0.25, 0.3) is 0 Å². The molecule has 3 heterocycles. The minimum absolute atomic E-state index is 0.0557. The maximum atomic E-state index is 14.0. The highest BCUT2D eigenvalue weighted by molar-refractivity contribution is 5.97. The van der Waals surface area contributed by atoms with Crippen LogP contribution in [0.4, 0.5) is 5.69 Å². The molecule has 0 radical (unpaired) electrons. The highest BCUT2D eigenvalue weighted by Crippen LogP contribution is 2.44. The fourth-order valence-electron chi connectivity index (χ4n) is 6.32. The van der Waals surface area contributed by atoms with Gasteiger partial charge in [0.15, 0.2) is 0 Å². The largest absolute Gasteiger partial charge is 0.495 e. The Morgan fingerprint density at radius 1 is 0.821 bits per heavy atom. The van der Waals surface area contributed by atoms with Crippen molar-refractivity contribution in [3.8, 4) is 5.75 Å². The minimum atomic E-state index is -0.0557. The van der Waals surface area contributed by atoms with Gasteiger partial charge in [0.1, 0.15) is 5.75 Å². The van der Waals surface area contributed by atoms with Crippen molar-refractivity contribution in [2.24, 2.45) is 7.05 Å². The van der Waals surface area contributed by atoms with E-state index in [1.807, 2.05) is 42.5 Å². The number of aromatic nitrogens is 1. The van der Waals surface area contributed by atoms with Crippen LogP contribution in [0.15, 0.2) is 97.2 Å². The van der Waals surface area contributed by atoms with Gasteiger partial charge >= 0.3 is 0 Å². The number of ether oxygens (including phenoxy) is 1. The summed E-state index contributed by atoms with van der Waals surface area (Å²) >= 11 is 0. The number of carbonyl (C=O) groups is 1. The van der Waals surface area contributed by atoms with Gasteiger partial charge in [-0.15, -0.1) is 0 Å². The normalized spacial score (nSPS) is 19.7. The van der Waals surface area contributed by atoms with E-state index in [-0.39, 0.29) is 17.9 Å². The van der Waals surface area contributed by atoms with Crippen molar-refractivity contribution in [1.82, 2.24) is 14.4 Å². The standard InChI is InChI=1S/C33H36N4O2/c1-34-18-10-16-30(34)32-28(24-35-19-21-36(22-20-35)29-15-8-9-17-31(29)39-2)26-13-6-7-14-27(26)33(38)37(32)23-25-11-4-3-5-12-25/h3-18,28,32H,19-24H2,1-2H3/t28-,32-/m1/s1. The van der Waals surface area contributed by atoms with Crippen LogP contribution in [0.5, 0.6) is 5.75 Å². The van der Waals surface area contributed by atoms with Gasteiger partial charge in [0, 0.05) is 69.7 Å². The number of nitrogens with zero attached hydrogens (tertiary/aromatic N) is 4. The molecule has 0 saturated carbocycles. The summed E-state index contributed by atoms with van der Waals surface area (Å²) in [5.41, 5.74) is 5.46. The lowest BCUT2D eigenvalue weighted by molar-refractivity contribution is 0.0543. The van der Waals surface area contributed by atoms with Crippen LogP contribution in [0.2, 0.25) is 0 Å². The molecule has 39 heavy (non-hydrogen) atoms. The molecule has 0 N–H and O–H groups in total. The van der Waals surface area contributed by atoms with Gasteiger partial charge in [0.2, 0.25) is 0 Å². The Bertz CT molecular complexity index is 1420. The maximum Gasteiger partial charge on any atom is 0.255 e. The number of rotatable bonds is 7. The van der Waals surface area contributed by atoms with Crippen molar-refractivity contribution in [3.05, 3.63) is 120 Å². The van der Waals surface area contributed by atoms with E-state index in [2.05, 4.69) is 81.0 Å². The number of para-hydroxylation sites is 2. The lowest BCUT2D eigenvalue weighted by atomic mass is 9.80. The first-order valence-electron chi connectivity index (χ1n) is 13.8. The summed E-state index contributed by atoms with van der Waals surface area (Å²) in [4.78, 5) is 21.1. The van der Waals surface area contributed by atoms with Gasteiger partial charge in [-0.05, 0) is 41.5 Å². The summed E-state index contributed by atoms with van der Waals surface area (Å²) < 4.78 is 7.81. The lowest BCUT2D eigenvalue weighted by Crippen LogP contribution is -2.51. The van der Waals surface area contributed by atoms with Crippen molar-refractivity contribution in [2.45, 2.75) is 18.5 Å². The van der Waals surface area contributed by atoms with E-state index in [9.17, 15) is 4.79 Å². The van der Waals surface area contributed by atoms with Gasteiger partial charge in [0.05, 0.1) is 18.8 Å². The highest BCUT2D eigenvalue weighted by atomic mass is 16.5. The third kappa shape index (κ3) is 4.92. The molecule has 2 atom stereocenters. The zero-order chi connectivity index (χ0) is 26.8. The monoisotopic (exact) mass is 520 g/mol. The van der Waals surface area contributed by atoms with Crippen molar-refractivity contribution in [1.29, 1.82) is 0 Å². The van der Waals surface area contributed by atoms with E-state index in [1.54, 1.807) is 7.11 Å². The molecule has 1 aromatic heterocycles. The van der Waals surface area contributed by atoms with E-state index >= 15 is 0 Å². The van der Waals surface area contributed by atoms with Gasteiger partial charge in [-0.25, -0.2) is 0 Å². The molecule has 1 fully saturated rings. The second-order valence-corrected chi connectivity index (χ2v) is 10.6. The number of hydrogen-bond acceptors (Lipinski definition) is 4. The third-order valence-corrected chi connectivity index (χ3v) is 8.30. The summed E-state index contributed by atoms with van der Waals surface area (Å²) in [6.45, 7) is 5.28. The van der Waals surface area contributed by atoms with E-state index in [0.717, 1.165) is 60.9 Å². The number of piperazine rings is 1. The first-order chi connectivity index (χ1) is 19.1. The molecule has 0 spiro atoms. The molecule has 6 nitrogen and oxygen atoms in total. The van der Waals surface area contributed by atoms with Crippen LogP contribution < -0.4 is 9.64 Å². The third-order valence-electron chi connectivity index (χ3n) is 8.30. The van der Waals surface area contributed by atoms with Gasteiger partial charge < -0.3 is 19.1 Å². The van der Waals surface area contributed by atoms with Crippen LogP contribution in [-0.2, 0) is 13.6 Å². The number of aryl methyl sites for hydroxylation is 1. The molecule has 0 unspecified atom stereocenters. The Morgan fingerprint density at radius 2 is 1.54 bits per heavy atom. The van der Waals surface area contributed by atoms with E-state index in [0.29, 0.717) is 6.54 Å². The van der Waals surface area contributed by atoms with Gasteiger partial charge in [-0.1, -0.05) is 60.7 Å². The summed E-state index contributed by atoms with van der Waals surface area (Å²) in [6, 6.07) is 31.1. The number of fused-ring (bicyclic) bond motifs is 1. The van der Waals surface area contributed by atoms with Gasteiger partial charge in [-0.2, -0.15) is 0 Å². The Hall–Kier alpha value is -4.03. The van der Waals surface area contributed by atoms with Crippen molar-refractivity contribution < 1.29 is 9.53 Å². The van der Waals surface area contributed by atoms with Crippen LogP contribution in [-0.4, -0.2) is 60.1 Å². The van der Waals surface area contributed by atoms with Crippen molar-refractivity contribution >= 4 is 11.6 Å². The smallest absolute Gasteiger partial charge is 0.255 e. The second kappa shape index (κ2) is 11.0. The van der Waals surface area contributed by atoms with Crippen LogP contribution >= 0.6 is 0 Å². The number of amides is 1. The summed E-state index contributed by atoms with van der Waals surface area (Å²) in [5, 5.41) is 0. The Kier molecular flexibility index (Phi) is 7.12. The van der Waals surface area contributed by atoms with Crippen molar-refractivity contribution in [3.63, 3.8) is 0 Å². The number of hydrogen-bond donors (Lipinski definition) is 0. The van der Waals surface area contributed by atoms with E-state index < -0.39 is 0 Å².